The van der Waals surface area contributed by atoms with E-state index in [-0.39, 0.29) is 11.8 Å². The molecule has 196 valence electrons. The van der Waals surface area contributed by atoms with Gasteiger partial charge in [0.15, 0.2) is 0 Å². The molecule has 2 aliphatic rings. The van der Waals surface area contributed by atoms with Crippen molar-refractivity contribution in [2.75, 3.05) is 49.2 Å². The maximum absolute atomic E-state index is 11.8. The number of unbranched alkanes of at least 4 members (excludes halogenated alkanes) is 10. The van der Waals surface area contributed by atoms with Crippen molar-refractivity contribution in [2.45, 2.75) is 90.9 Å². The van der Waals surface area contributed by atoms with Crippen LogP contribution in [-0.4, -0.2) is 70.8 Å². The second kappa shape index (κ2) is 22.6. The zero-order valence-corrected chi connectivity index (χ0v) is 23.6. The second-order valence-corrected chi connectivity index (χ2v) is 11.5. The van der Waals surface area contributed by atoms with Gasteiger partial charge in [-0.3, -0.25) is 9.59 Å². The molecule has 0 aromatic heterocycles. The van der Waals surface area contributed by atoms with E-state index in [2.05, 4.69) is 26.0 Å². The lowest BCUT2D eigenvalue weighted by molar-refractivity contribution is -0.126. The molecule has 2 fully saturated rings. The number of hydrogen-bond donors (Lipinski definition) is 0. The molecule has 2 amide bonds. The lowest BCUT2D eigenvalue weighted by Crippen LogP contribution is -2.36. The summed E-state index contributed by atoms with van der Waals surface area (Å²) in [4.78, 5) is 27.5. The number of allylic oxidation sites excluding steroid dienone is 2. The first-order valence-corrected chi connectivity index (χ1v) is 16.1. The van der Waals surface area contributed by atoms with Crippen molar-refractivity contribution in [1.29, 1.82) is 0 Å². The van der Waals surface area contributed by atoms with E-state index in [9.17, 15) is 9.59 Å². The van der Waals surface area contributed by atoms with E-state index >= 15 is 0 Å². The first-order chi connectivity index (χ1) is 16.7. The van der Waals surface area contributed by atoms with Crippen LogP contribution < -0.4 is 0 Å². The van der Waals surface area contributed by atoms with Gasteiger partial charge in [-0.15, -0.1) is 0 Å². The van der Waals surface area contributed by atoms with Gasteiger partial charge in [-0.1, -0.05) is 77.4 Å². The van der Waals surface area contributed by atoms with Gasteiger partial charge in [0.05, 0.1) is 0 Å². The van der Waals surface area contributed by atoms with Crippen LogP contribution in [0, 0.1) is 0 Å². The number of thioether (sulfide) groups is 2. The molecule has 0 radical (unpaired) electrons. The molecule has 6 heteroatoms. The van der Waals surface area contributed by atoms with E-state index in [1.165, 1.54) is 64.2 Å². The van der Waals surface area contributed by atoms with E-state index in [0.717, 1.165) is 62.0 Å². The SMILES string of the molecule is CCCCCCC/C=C/C(=O)N1CCSCC1.CCCCCCC/C=C/C(=O)N1CCSCC1. The quantitative estimate of drug-likeness (QED) is 0.187. The summed E-state index contributed by atoms with van der Waals surface area (Å²) in [6, 6.07) is 0. The molecule has 0 spiro atoms. The number of amides is 2. The standard InChI is InChI=1S/2C14H25NOS/c2*1-2-3-4-5-6-7-8-9-14(16)15-10-12-17-13-11-15/h2*8-9H,2-7,10-13H2,1H3/b2*9-8+. The molecule has 2 rings (SSSR count). The minimum atomic E-state index is 0.207. The topological polar surface area (TPSA) is 40.6 Å². The van der Waals surface area contributed by atoms with Gasteiger partial charge in [0.25, 0.3) is 0 Å². The fourth-order valence-electron chi connectivity index (χ4n) is 3.88. The highest BCUT2D eigenvalue weighted by molar-refractivity contribution is 7.99. The van der Waals surface area contributed by atoms with Crippen LogP contribution >= 0.6 is 23.5 Å². The smallest absolute Gasteiger partial charge is 0.246 e. The third-order valence-electron chi connectivity index (χ3n) is 6.12. The van der Waals surface area contributed by atoms with Gasteiger partial charge in [-0.2, -0.15) is 23.5 Å². The molecule has 0 atom stereocenters. The van der Waals surface area contributed by atoms with Crippen LogP contribution in [-0.2, 0) is 9.59 Å². The third-order valence-corrected chi connectivity index (χ3v) is 8.00. The fraction of sp³-hybridized carbons (Fsp3) is 0.786. The maximum Gasteiger partial charge on any atom is 0.246 e. The van der Waals surface area contributed by atoms with E-state index < -0.39 is 0 Å². The van der Waals surface area contributed by atoms with Crippen molar-refractivity contribution in [3.63, 3.8) is 0 Å². The Hall–Kier alpha value is -0.880. The summed E-state index contributed by atoms with van der Waals surface area (Å²) in [5.74, 6) is 4.79. The molecular weight excluding hydrogens is 460 g/mol. The van der Waals surface area contributed by atoms with Crippen molar-refractivity contribution < 1.29 is 9.59 Å². The molecule has 0 aromatic rings. The monoisotopic (exact) mass is 510 g/mol. The molecule has 0 aliphatic carbocycles. The highest BCUT2D eigenvalue weighted by Crippen LogP contribution is 2.11. The molecule has 0 bridgehead atoms. The minimum Gasteiger partial charge on any atom is -0.338 e. The molecular formula is C28H50N2O2S2. The number of nitrogens with zero attached hydrogens (tertiary/aromatic N) is 2. The number of hydrogen-bond acceptors (Lipinski definition) is 4. The van der Waals surface area contributed by atoms with Gasteiger partial charge in [-0.25, -0.2) is 0 Å². The van der Waals surface area contributed by atoms with Crippen LogP contribution in [0.25, 0.3) is 0 Å². The van der Waals surface area contributed by atoms with Gasteiger partial charge in [0.1, 0.15) is 0 Å². The molecule has 0 N–H and O–H groups in total. The van der Waals surface area contributed by atoms with Crippen molar-refractivity contribution >= 4 is 35.3 Å². The van der Waals surface area contributed by atoms with Gasteiger partial charge >= 0.3 is 0 Å². The summed E-state index contributed by atoms with van der Waals surface area (Å²) < 4.78 is 0. The summed E-state index contributed by atoms with van der Waals surface area (Å²) in [6.07, 6.45) is 22.7. The van der Waals surface area contributed by atoms with E-state index in [4.69, 9.17) is 0 Å². The summed E-state index contributed by atoms with van der Waals surface area (Å²) in [5, 5.41) is 0. The minimum absolute atomic E-state index is 0.207. The summed E-state index contributed by atoms with van der Waals surface area (Å²) in [7, 11) is 0. The Morgan fingerprint density at radius 1 is 0.588 bits per heavy atom. The Balaban J connectivity index is 0.000000340. The van der Waals surface area contributed by atoms with Crippen LogP contribution in [0.5, 0.6) is 0 Å². The van der Waals surface area contributed by atoms with E-state index in [1.807, 2.05) is 33.3 Å². The van der Waals surface area contributed by atoms with E-state index in [1.54, 1.807) is 12.2 Å². The van der Waals surface area contributed by atoms with Gasteiger partial charge in [-0.05, 0) is 37.8 Å². The van der Waals surface area contributed by atoms with Crippen LogP contribution in [0.15, 0.2) is 24.3 Å². The average molecular weight is 511 g/mol. The van der Waals surface area contributed by atoms with Crippen molar-refractivity contribution in [3.05, 3.63) is 24.3 Å². The second-order valence-electron chi connectivity index (χ2n) is 9.09. The first kappa shape index (κ1) is 31.2. The number of carbonyl (C=O) groups excluding carboxylic acids is 2. The Labute approximate surface area is 218 Å². The number of rotatable bonds is 14. The average Bonchev–Trinajstić information content (AvgIpc) is 2.89. The summed E-state index contributed by atoms with van der Waals surface area (Å²) in [5.41, 5.74) is 0. The molecule has 0 unspecified atom stereocenters. The number of carbonyl (C=O) groups is 2. The Bertz CT molecular complexity index is 519. The van der Waals surface area contributed by atoms with Gasteiger partial charge in [0.2, 0.25) is 11.8 Å². The third kappa shape index (κ3) is 16.7. The zero-order chi connectivity index (χ0) is 24.7. The molecule has 34 heavy (non-hydrogen) atoms. The lowest BCUT2D eigenvalue weighted by atomic mass is 10.1. The Morgan fingerprint density at radius 3 is 1.29 bits per heavy atom. The zero-order valence-electron chi connectivity index (χ0n) is 22.0. The van der Waals surface area contributed by atoms with Crippen LogP contribution in [0.1, 0.15) is 90.9 Å². The highest BCUT2D eigenvalue weighted by Gasteiger charge is 2.14. The van der Waals surface area contributed by atoms with Crippen LogP contribution in [0.4, 0.5) is 0 Å². The predicted octanol–water partition coefficient (Wildman–Crippen LogP) is 6.96. The predicted molar refractivity (Wildman–Crippen MR) is 153 cm³/mol. The summed E-state index contributed by atoms with van der Waals surface area (Å²) >= 11 is 3.88. The van der Waals surface area contributed by atoms with Crippen molar-refractivity contribution in [2.24, 2.45) is 0 Å². The lowest BCUT2D eigenvalue weighted by Gasteiger charge is -2.25. The Morgan fingerprint density at radius 2 is 0.941 bits per heavy atom. The summed E-state index contributed by atoms with van der Waals surface area (Å²) in [6.45, 7) is 8.15. The molecule has 2 heterocycles. The first-order valence-electron chi connectivity index (χ1n) is 13.7. The Kier molecular flexibility index (Phi) is 20.7. The largest absolute Gasteiger partial charge is 0.338 e. The van der Waals surface area contributed by atoms with Crippen molar-refractivity contribution in [3.8, 4) is 0 Å². The van der Waals surface area contributed by atoms with Crippen LogP contribution in [0.2, 0.25) is 0 Å². The fourth-order valence-corrected chi connectivity index (χ4v) is 5.68. The molecule has 4 nitrogen and oxygen atoms in total. The van der Waals surface area contributed by atoms with Gasteiger partial charge < -0.3 is 9.80 Å². The van der Waals surface area contributed by atoms with Crippen LogP contribution in [0.3, 0.4) is 0 Å². The normalized spacial score (nSPS) is 16.6. The highest BCUT2D eigenvalue weighted by atomic mass is 32.2. The molecule has 2 saturated heterocycles. The molecule has 0 saturated carbocycles. The van der Waals surface area contributed by atoms with Crippen molar-refractivity contribution in [1.82, 2.24) is 9.80 Å². The molecule has 0 aromatic carbocycles. The van der Waals surface area contributed by atoms with E-state index in [0.29, 0.717) is 0 Å². The maximum atomic E-state index is 11.8. The van der Waals surface area contributed by atoms with Gasteiger partial charge in [0, 0.05) is 49.2 Å². The molecule has 2 aliphatic heterocycles.